The summed E-state index contributed by atoms with van der Waals surface area (Å²) in [7, 11) is 1.64. The molecule has 0 bridgehead atoms. The van der Waals surface area contributed by atoms with Crippen LogP contribution in [0, 0.1) is 19.8 Å². The Labute approximate surface area is 212 Å². The largest absolute Gasteiger partial charge is 0.497 e. The van der Waals surface area contributed by atoms with E-state index in [1.807, 2.05) is 62.4 Å². The molecule has 0 saturated carbocycles. The van der Waals surface area contributed by atoms with Gasteiger partial charge in [-0.1, -0.05) is 36.4 Å². The van der Waals surface area contributed by atoms with Crippen molar-refractivity contribution in [3.8, 4) is 21.9 Å². The highest BCUT2D eigenvalue weighted by Crippen LogP contribution is 2.41. The molecule has 2 aromatic carbocycles. The summed E-state index contributed by atoms with van der Waals surface area (Å²) < 4.78 is 7.04. The Balaban J connectivity index is 1.68. The average Bonchev–Trinajstić information content (AvgIpc) is 3.41. The number of aliphatic carboxylic acids is 1. The predicted octanol–water partition coefficient (Wildman–Crippen LogP) is 4.73. The Morgan fingerprint density at radius 3 is 2.25 bits per heavy atom. The number of aliphatic hydroxyl groups is 1. The zero-order valence-corrected chi connectivity index (χ0v) is 21.2. The minimum atomic E-state index is -0.976. The van der Waals surface area contributed by atoms with Gasteiger partial charge in [0.1, 0.15) is 23.4 Å². The number of rotatable bonds is 6. The van der Waals surface area contributed by atoms with E-state index in [0.717, 1.165) is 43.4 Å². The highest BCUT2D eigenvalue weighted by molar-refractivity contribution is 7.15. The molecule has 8 nitrogen and oxygen atoms in total. The molecule has 5 rings (SSSR count). The van der Waals surface area contributed by atoms with Crippen molar-refractivity contribution in [2.45, 2.75) is 33.4 Å². The minimum Gasteiger partial charge on any atom is -0.497 e. The number of thiophene rings is 1. The molecule has 36 heavy (non-hydrogen) atoms. The van der Waals surface area contributed by atoms with Crippen LogP contribution in [0.2, 0.25) is 0 Å². The van der Waals surface area contributed by atoms with Gasteiger partial charge in [-0.05, 0) is 49.6 Å². The predicted molar refractivity (Wildman–Crippen MR) is 138 cm³/mol. The van der Waals surface area contributed by atoms with Crippen LogP contribution in [0.3, 0.4) is 0 Å². The number of nitrogens with zero attached hydrogens (tertiary/aromatic N) is 4. The summed E-state index contributed by atoms with van der Waals surface area (Å²) in [6.45, 7) is 5.38. The van der Waals surface area contributed by atoms with Crippen molar-refractivity contribution in [3.63, 3.8) is 0 Å². The molecule has 0 amide bonds. The summed E-state index contributed by atoms with van der Waals surface area (Å²) in [5, 5.41) is 29.1. The van der Waals surface area contributed by atoms with Gasteiger partial charge in [0.15, 0.2) is 11.6 Å². The summed E-state index contributed by atoms with van der Waals surface area (Å²) in [6, 6.07) is 15.2. The summed E-state index contributed by atoms with van der Waals surface area (Å²) >= 11 is 1.56. The first-order valence-corrected chi connectivity index (χ1v) is 12.4. The van der Waals surface area contributed by atoms with E-state index in [4.69, 9.17) is 9.73 Å². The number of hydrogen-bond acceptors (Lipinski definition) is 7. The van der Waals surface area contributed by atoms with E-state index in [0.29, 0.717) is 17.4 Å². The first-order chi connectivity index (χ1) is 17.3. The molecule has 0 saturated heterocycles. The molecule has 0 radical (unpaired) electrons. The first kappa shape index (κ1) is 23.9. The number of aliphatic imine (C=N–C) groups is 1. The fourth-order valence-corrected chi connectivity index (χ4v) is 5.63. The summed E-state index contributed by atoms with van der Waals surface area (Å²) in [4.78, 5) is 18.2. The Morgan fingerprint density at radius 1 is 1.06 bits per heavy atom. The van der Waals surface area contributed by atoms with Crippen LogP contribution in [0.4, 0.5) is 0 Å². The maximum absolute atomic E-state index is 12.0. The van der Waals surface area contributed by atoms with Crippen molar-refractivity contribution in [2.24, 2.45) is 10.9 Å². The third kappa shape index (κ3) is 3.90. The molecule has 3 heterocycles. The van der Waals surface area contributed by atoms with Crippen molar-refractivity contribution >= 4 is 23.0 Å². The number of aromatic nitrogens is 3. The smallest absolute Gasteiger partial charge is 0.308 e. The van der Waals surface area contributed by atoms with Gasteiger partial charge in [0.2, 0.25) is 0 Å². The molecule has 2 atom stereocenters. The molecular formula is C27H26N4O4S. The van der Waals surface area contributed by atoms with E-state index in [1.54, 1.807) is 29.9 Å². The molecule has 0 aliphatic carbocycles. The van der Waals surface area contributed by atoms with Crippen LogP contribution in [0.5, 0.6) is 5.75 Å². The lowest BCUT2D eigenvalue weighted by Crippen LogP contribution is -2.21. The van der Waals surface area contributed by atoms with Gasteiger partial charge in [-0.3, -0.25) is 14.4 Å². The first-order valence-electron chi connectivity index (χ1n) is 11.5. The number of carboxylic acids is 1. The summed E-state index contributed by atoms with van der Waals surface area (Å²) in [6.07, 6.45) is 0. The third-order valence-electron chi connectivity index (χ3n) is 6.68. The second-order valence-electron chi connectivity index (χ2n) is 8.79. The van der Waals surface area contributed by atoms with E-state index >= 15 is 0 Å². The molecule has 184 valence electrons. The molecule has 0 spiro atoms. The molecular weight excluding hydrogens is 476 g/mol. The highest BCUT2D eigenvalue weighted by Gasteiger charge is 2.36. The van der Waals surface area contributed by atoms with Gasteiger partial charge in [-0.25, -0.2) is 0 Å². The van der Waals surface area contributed by atoms with Crippen molar-refractivity contribution in [1.82, 2.24) is 14.8 Å². The van der Waals surface area contributed by atoms with Crippen LogP contribution in [-0.2, 0) is 11.4 Å². The van der Waals surface area contributed by atoms with E-state index in [9.17, 15) is 15.0 Å². The topological polar surface area (TPSA) is 110 Å². The lowest BCUT2D eigenvalue weighted by atomic mass is 9.96. The fourth-order valence-electron chi connectivity index (χ4n) is 4.45. The Bertz CT molecular complexity index is 1470. The lowest BCUT2D eigenvalue weighted by molar-refractivity contribution is -0.141. The van der Waals surface area contributed by atoms with Crippen LogP contribution >= 0.6 is 11.3 Å². The Kier molecular flexibility index (Phi) is 6.19. The maximum Gasteiger partial charge on any atom is 0.308 e. The summed E-state index contributed by atoms with van der Waals surface area (Å²) in [5.74, 6) is -0.241. The number of ether oxygens (including phenoxy) is 1. The van der Waals surface area contributed by atoms with Gasteiger partial charge in [0.05, 0.1) is 18.7 Å². The maximum atomic E-state index is 12.0. The van der Waals surface area contributed by atoms with Gasteiger partial charge in [0, 0.05) is 16.0 Å². The number of aryl methyl sites for hydroxylation is 1. The van der Waals surface area contributed by atoms with Gasteiger partial charge in [-0.15, -0.1) is 21.5 Å². The second kappa shape index (κ2) is 9.33. The number of benzene rings is 2. The quantitative estimate of drug-likeness (QED) is 0.395. The zero-order valence-electron chi connectivity index (χ0n) is 20.4. The molecule has 2 N–H and O–H groups in total. The number of fused-ring (bicyclic) bond motifs is 3. The highest BCUT2D eigenvalue weighted by atomic mass is 32.1. The SMILES string of the molecule is COc1ccc(-c2ccc(C3=N[C@@H](C(C)C(=O)O)c4nnc(CO)n4-c4sc(C)c(C)c43)cc2)cc1. The Hall–Kier alpha value is -3.82. The molecule has 1 aliphatic rings. The van der Waals surface area contributed by atoms with Gasteiger partial charge >= 0.3 is 5.97 Å². The number of carboxylic acid groups (broad SMARTS) is 1. The van der Waals surface area contributed by atoms with Gasteiger partial charge in [0.25, 0.3) is 0 Å². The van der Waals surface area contributed by atoms with Crippen LogP contribution < -0.4 is 4.74 Å². The van der Waals surface area contributed by atoms with Crippen LogP contribution in [0.15, 0.2) is 53.5 Å². The standard InChI is InChI=1S/C27H26N4O4S/c1-14-16(3)36-26-22(14)24(19-7-5-17(6-8-19)18-9-11-20(35-4)12-10-18)28-23(15(2)27(33)34)25-30-29-21(13-32)31(25)26/h5-12,15,23,32H,13H2,1-4H3,(H,33,34)/t15?,23-/m0/s1. The molecule has 1 unspecified atom stereocenters. The van der Waals surface area contributed by atoms with E-state index < -0.39 is 17.9 Å². The normalized spacial score (nSPS) is 15.5. The van der Waals surface area contributed by atoms with E-state index in [2.05, 4.69) is 10.2 Å². The molecule has 9 heteroatoms. The average molecular weight is 503 g/mol. The van der Waals surface area contributed by atoms with Crippen molar-refractivity contribution in [1.29, 1.82) is 0 Å². The third-order valence-corrected chi connectivity index (χ3v) is 7.87. The van der Waals surface area contributed by atoms with Crippen molar-refractivity contribution < 1.29 is 19.7 Å². The minimum absolute atomic E-state index is 0.317. The van der Waals surface area contributed by atoms with E-state index in [1.165, 1.54) is 0 Å². The molecule has 4 aromatic rings. The number of hydrogen-bond donors (Lipinski definition) is 2. The molecule has 2 aromatic heterocycles. The van der Waals surface area contributed by atoms with E-state index in [-0.39, 0.29) is 6.61 Å². The van der Waals surface area contributed by atoms with Crippen molar-refractivity contribution in [3.05, 3.63) is 81.7 Å². The van der Waals surface area contributed by atoms with Gasteiger partial charge in [-0.2, -0.15) is 0 Å². The monoisotopic (exact) mass is 502 g/mol. The van der Waals surface area contributed by atoms with Crippen LogP contribution in [-0.4, -0.2) is 43.8 Å². The number of methoxy groups -OCH3 is 1. The molecule has 1 aliphatic heterocycles. The van der Waals surface area contributed by atoms with Crippen molar-refractivity contribution in [2.75, 3.05) is 7.11 Å². The lowest BCUT2D eigenvalue weighted by Gasteiger charge is -2.16. The Morgan fingerprint density at radius 2 is 1.67 bits per heavy atom. The van der Waals surface area contributed by atoms with Gasteiger partial charge < -0.3 is 14.9 Å². The second-order valence-corrected chi connectivity index (χ2v) is 9.99. The van der Waals surface area contributed by atoms with Crippen LogP contribution in [0.1, 0.15) is 46.2 Å². The van der Waals surface area contributed by atoms with Crippen LogP contribution in [0.25, 0.3) is 16.1 Å². The number of carbonyl (C=O) groups is 1. The molecule has 0 fully saturated rings. The zero-order chi connectivity index (χ0) is 25.6. The number of aliphatic hydroxyl groups excluding tert-OH is 1. The summed E-state index contributed by atoms with van der Waals surface area (Å²) in [5.41, 5.74) is 5.65. The fraction of sp³-hybridized carbons (Fsp3) is 0.259.